The first kappa shape index (κ1) is 17.1. The number of halogens is 2. The Bertz CT molecular complexity index is 680. The second-order valence-corrected chi connectivity index (χ2v) is 7.50. The molecule has 0 unspecified atom stereocenters. The maximum absolute atomic E-state index is 14.5. The van der Waals surface area contributed by atoms with Crippen molar-refractivity contribution in [3.8, 4) is 0 Å². The van der Waals surface area contributed by atoms with E-state index < -0.39 is 11.6 Å². The van der Waals surface area contributed by atoms with Crippen LogP contribution in [-0.4, -0.2) is 0 Å². The van der Waals surface area contributed by atoms with Gasteiger partial charge in [-0.05, 0) is 54.7 Å². The van der Waals surface area contributed by atoms with E-state index in [-0.39, 0.29) is 0 Å². The quantitative estimate of drug-likeness (QED) is 0.624. The topological polar surface area (TPSA) is 0 Å². The summed E-state index contributed by atoms with van der Waals surface area (Å²) in [7, 11) is 0. The van der Waals surface area contributed by atoms with Gasteiger partial charge in [0.2, 0.25) is 0 Å². The molecule has 1 fully saturated rings. The van der Waals surface area contributed by atoms with Gasteiger partial charge < -0.3 is 0 Å². The molecule has 0 nitrogen and oxygen atoms in total. The van der Waals surface area contributed by atoms with E-state index in [0.717, 1.165) is 24.3 Å². The van der Waals surface area contributed by atoms with Crippen molar-refractivity contribution >= 4 is 0 Å². The van der Waals surface area contributed by atoms with Crippen molar-refractivity contribution in [3.63, 3.8) is 0 Å². The summed E-state index contributed by atoms with van der Waals surface area (Å²) in [5.74, 6) is -0.0340. The molecule has 1 aliphatic rings. The Morgan fingerprint density at radius 3 is 2.08 bits per heavy atom. The van der Waals surface area contributed by atoms with Gasteiger partial charge in [0.25, 0.3) is 0 Å². The van der Waals surface area contributed by atoms with Gasteiger partial charge >= 0.3 is 0 Å². The number of hydrogen-bond donors (Lipinski definition) is 0. The zero-order valence-corrected chi connectivity index (χ0v) is 14.6. The van der Waals surface area contributed by atoms with Crippen LogP contribution in [0.5, 0.6) is 0 Å². The van der Waals surface area contributed by atoms with Gasteiger partial charge in [0.15, 0.2) is 11.6 Å². The number of hydrogen-bond acceptors (Lipinski definition) is 0. The van der Waals surface area contributed by atoms with E-state index in [1.807, 2.05) is 31.2 Å². The van der Waals surface area contributed by atoms with E-state index >= 15 is 0 Å². The van der Waals surface area contributed by atoms with Crippen LogP contribution < -0.4 is 0 Å². The van der Waals surface area contributed by atoms with Crippen LogP contribution in [0.3, 0.4) is 0 Å². The first-order valence-electron chi connectivity index (χ1n) is 9.04. The van der Waals surface area contributed by atoms with Gasteiger partial charge in [-0.2, -0.15) is 0 Å². The van der Waals surface area contributed by atoms with Crippen molar-refractivity contribution in [2.75, 3.05) is 0 Å². The lowest BCUT2D eigenvalue weighted by Crippen LogP contribution is -2.15. The van der Waals surface area contributed by atoms with Gasteiger partial charge in [0.05, 0.1) is 0 Å². The summed E-state index contributed by atoms with van der Waals surface area (Å²) in [5.41, 5.74) is 3.16. The average molecular weight is 328 g/mol. The summed E-state index contributed by atoms with van der Waals surface area (Å²) in [6.45, 7) is 4.29. The van der Waals surface area contributed by atoms with Crippen molar-refractivity contribution in [1.29, 1.82) is 0 Å². The summed E-state index contributed by atoms with van der Waals surface area (Å²) < 4.78 is 29.0. The highest BCUT2D eigenvalue weighted by Gasteiger charge is 2.21. The van der Waals surface area contributed by atoms with Crippen LogP contribution in [0.2, 0.25) is 0 Å². The maximum atomic E-state index is 14.5. The maximum Gasteiger partial charge on any atom is 0.162 e. The SMILES string of the molecule is Cc1ccc(Cc2ccc(CC3CCC(C)CC3)c(F)c2F)cc1. The Morgan fingerprint density at radius 1 is 0.833 bits per heavy atom. The van der Waals surface area contributed by atoms with Gasteiger partial charge in [-0.1, -0.05) is 61.7 Å². The zero-order valence-electron chi connectivity index (χ0n) is 14.6. The predicted octanol–water partition coefficient (Wildman–Crippen LogP) is 6.23. The fourth-order valence-corrected chi connectivity index (χ4v) is 3.69. The Morgan fingerprint density at radius 2 is 1.42 bits per heavy atom. The van der Waals surface area contributed by atoms with E-state index in [1.54, 1.807) is 12.1 Å². The van der Waals surface area contributed by atoms with Crippen molar-refractivity contribution in [2.24, 2.45) is 11.8 Å². The van der Waals surface area contributed by atoms with E-state index in [0.29, 0.717) is 29.9 Å². The lowest BCUT2D eigenvalue weighted by atomic mass is 9.80. The van der Waals surface area contributed by atoms with E-state index in [4.69, 9.17) is 0 Å². The molecule has 24 heavy (non-hydrogen) atoms. The Labute approximate surface area is 143 Å². The lowest BCUT2D eigenvalue weighted by molar-refractivity contribution is 0.286. The number of benzene rings is 2. The van der Waals surface area contributed by atoms with Crippen molar-refractivity contribution in [3.05, 3.63) is 70.3 Å². The summed E-state index contributed by atoms with van der Waals surface area (Å²) in [4.78, 5) is 0. The summed E-state index contributed by atoms with van der Waals surface area (Å²) >= 11 is 0. The van der Waals surface area contributed by atoms with Crippen LogP contribution in [0, 0.1) is 30.4 Å². The number of aryl methyl sites for hydroxylation is 1. The van der Waals surface area contributed by atoms with Crippen molar-refractivity contribution < 1.29 is 8.78 Å². The molecule has 0 atom stereocenters. The molecular formula is C22H26F2. The lowest BCUT2D eigenvalue weighted by Gasteiger charge is -2.26. The van der Waals surface area contributed by atoms with Gasteiger partial charge in [-0.25, -0.2) is 8.78 Å². The molecule has 2 aromatic carbocycles. The molecule has 0 N–H and O–H groups in total. The molecule has 1 aliphatic carbocycles. The standard InChI is InChI=1S/C22H26F2/c1-15-3-7-17(8-4-15)13-19-11-12-20(22(24)21(19)23)14-18-9-5-16(2)6-10-18/h3-4,7-8,11-12,16,18H,5-6,9-10,13-14H2,1-2H3. The normalized spacial score (nSPS) is 21.0. The van der Waals surface area contributed by atoms with Gasteiger partial charge in [0.1, 0.15) is 0 Å². The van der Waals surface area contributed by atoms with Crippen molar-refractivity contribution in [1.82, 2.24) is 0 Å². The Kier molecular flexibility index (Phi) is 5.33. The molecule has 2 aromatic rings. The monoisotopic (exact) mass is 328 g/mol. The Balaban J connectivity index is 1.72. The molecule has 0 saturated heterocycles. The first-order valence-corrected chi connectivity index (χ1v) is 9.04. The molecular weight excluding hydrogens is 302 g/mol. The molecule has 0 aliphatic heterocycles. The minimum Gasteiger partial charge on any atom is -0.203 e. The van der Waals surface area contributed by atoms with Gasteiger partial charge in [-0.15, -0.1) is 0 Å². The molecule has 0 heterocycles. The fraction of sp³-hybridized carbons (Fsp3) is 0.455. The molecule has 0 radical (unpaired) electrons. The zero-order chi connectivity index (χ0) is 17.1. The van der Waals surface area contributed by atoms with Crippen LogP contribution in [0.15, 0.2) is 36.4 Å². The minimum absolute atomic E-state index is 0.435. The molecule has 2 heteroatoms. The molecule has 0 aromatic heterocycles. The molecule has 0 amide bonds. The predicted molar refractivity (Wildman–Crippen MR) is 95.2 cm³/mol. The molecule has 0 spiro atoms. The largest absolute Gasteiger partial charge is 0.203 e. The van der Waals surface area contributed by atoms with Gasteiger partial charge in [0, 0.05) is 6.42 Å². The number of rotatable bonds is 4. The van der Waals surface area contributed by atoms with E-state index in [9.17, 15) is 8.78 Å². The fourth-order valence-electron chi connectivity index (χ4n) is 3.69. The van der Waals surface area contributed by atoms with Crippen LogP contribution in [0.1, 0.15) is 54.9 Å². The van der Waals surface area contributed by atoms with E-state index in [1.165, 1.54) is 18.4 Å². The summed E-state index contributed by atoms with van der Waals surface area (Å²) in [5, 5.41) is 0. The summed E-state index contributed by atoms with van der Waals surface area (Å²) in [6, 6.07) is 11.5. The smallest absolute Gasteiger partial charge is 0.162 e. The third-order valence-corrected chi connectivity index (χ3v) is 5.40. The molecule has 128 valence electrons. The van der Waals surface area contributed by atoms with Crippen molar-refractivity contribution in [2.45, 2.75) is 52.4 Å². The third kappa shape index (κ3) is 4.03. The highest BCUT2D eigenvalue weighted by Crippen LogP contribution is 2.32. The first-order chi connectivity index (χ1) is 11.5. The second-order valence-electron chi connectivity index (χ2n) is 7.50. The average Bonchev–Trinajstić information content (AvgIpc) is 2.58. The van der Waals surface area contributed by atoms with Crippen LogP contribution in [0.4, 0.5) is 8.78 Å². The van der Waals surface area contributed by atoms with Crippen LogP contribution in [0.25, 0.3) is 0 Å². The molecule has 3 rings (SSSR count). The van der Waals surface area contributed by atoms with Crippen LogP contribution in [-0.2, 0) is 12.8 Å². The Hall–Kier alpha value is -1.70. The summed E-state index contributed by atoms with van der Waals surface area (Å²) in [6.07, 6.45) is 5.78. The van der Waals surface area contributed by atoms with Gasteiger partial charge in [-0.3, -0.25) is 0 Å². The second kappa shape index (κ2) is 7.46. The highest BCUT2D eigenvalue weighted by molar-refractivity contribution is 5.32. The minimum atomic E-state index is -0.669. The van der Waals surface area contributed by atoms with Crippen LogP contribution >= 0.6 is 0 Å². The molecule has 1 saturated carbocycles. The van der Waals surface area contributed by atoms with E-state index in [2.05, 4.69) is 6.92 Å². The molecule has 0 bridgehead atoms. The highest BCUT2D eigenvalue weighted by atomic mass is 19.2. The third-order valence-electron chi connectivity index (χ3n) is 5.40.